The molecule has 0 bridgehead atoms. The number of urea groups is 1. The van der Waals surface area contributed by atoms with Gasteiger partial charge < -0.3 is 14.6 Å². The molecule has 1 aromatic carbocycles. The number of rotatable bonds is 7. The fraction of sp³-hybridized carbons (Fsp3) is 0.375. The van der Waals surface area contributed by atoms with Crippen molar-refractivity contribution in [3.05, 3.63) is 47.6 Å². The van der Waals surface area contributed by atoms with E-state index in [0.29, 0.717) is 25.3 Å². The number of amides is 3. The predicted molar refractivity (Wildman–Crippen MR) is 82.9 cm³/mol. The van der Waals surface area contributed by atoms with E-state index in [1.165, 1.54) is 0 Å². The Morgan fingerprint density at radius 2 is 2.08 bits per heavy atom. The molecule has 1 N–H and O–H groups in total. The van der Waals surface area contributed by atoms with E-state index in [1.807, 2.05) is 30.3 Å². The molecule has 0 spiro atoms. The van der Waals surface area contributed by atoms with Crippen LogP contribution in [0.25, 0.3) is 0 Å². The molecule has 0 aliphatic carbocycles. The normalized spacial score (nSPS) is 17.4. The Morgan fingerprint density at radius 1 is 1.29 bits per heavy atom. The number of benzene rings is 1. The summed E-state index contributed by atoms with van der Waals surface area (Å²) in [4.78, 5) is 29.7. The predicted octanol–water partition coefficient (Wildman–Crippen LogP) is 0.922. The van der Waals surface area contributed by atoms with Crippen LogP contribution < -0.4 is 5.32 Å². The van der Waals surface area contributed by atoms with Gasteiger partial charge in [-0.3, -0.25) is 9.69 Å². The number of carbonyl (C=O) groups is 2. The number of carbonyl (C=O) groups excluding carboxylic acids is 2. The van der Waals surface area contributed by atoms with Crippen LogP contribution in [0.15, 0.2) is 34.9 Å². The molecular formula is C16H18N4O4. The molecule has 2 aromatic rings. The molecule has 0 radical (unpaired) electrons. The molecule has 8 heteroatoms. The number of hydrogen-bond donors (Lipinski definition) is 1. The van der Waals surface area contributed by atoms with Crippen molar-refractivity contribution in [1.29, 1.82) is 0 Å². The fourth-order valence-corrected chi connectivity index (χ4v) is 2.50. The summed E-state index contributed by atoms with van der Waals surface area (Å²) in [5.41, 5.74) is 0.984. The van der Waals surface area contributed by atoms with Crippen LogP contribution in [0.1, 0.15) is 17.3 Å². The number of methoxy groups -OCH3 is 1. The average molecular weight is 330 g/mol. The van der Waals surface area contributed by atoms with Crippen LogP contribution in [0.4, 0.5) is 4.79 Å². The second-order valence-electron chi connectivity index (χ2n) is 5.46. The van der Waals surface area contributed by atoms with Gasteiger partial charge in [0.25, 0.3) is 5.91 Å². The zero-order chi connectivity index (χ0) is 16.9. The molecule has 1 aliphatic rings. The highest BCUT2D eigenvalue weighted by molar-refractivity contribution is 6.04. The Labute approximate surface area is 138 Å². The molecule has 2 heterocycles. The first-order chi connectivity index (χ1) is 11.7. The minimum atomic E-state index is -0.573. The summed E-state index contributed by atoms with van der Waals surface area (Å²) in [6, 6.07) is 8.52. The van der Waals surface area contributed by atoms with Gasteiger partial charge in [-0.25, -0.2) is 4.79 Å². The molecule has 3 amide bonds. The molecule has 0 saturated carbocycles. The zero-order valence-electron chi connectivity index (χ0n) is 13.3. The van der Waals surface area contributed by atoms with Crippen molar-refractivity contribution in [2.75, 3.05) is 13.7 Å². The van der Waals surface area contributed by atoms with Crippen molar-refractivity contribution >= 4 is 11.9 Å². The number of aromatic nitrogens is 2. The lowest BCUT2D eigenvalue weighted by Gasteiger charge is -2.10. The van der Waals surface area contributed by atoms with E-state index in [0.717, 1.165) is 10.5 Å². The monoisotopic (exact) mass is 330 g/mol. The third-order valence-corrected chi connectivity index (χ3v) is 3.72. The van der Waals surface area contributed by atoms with Crippen LogP contribution in [-0.2, 0) is 28.9 Å². The van der Waals surface area contributed by atoms with E-state index in [9.17, 15) is 9.59 Å². The highest BCUT2D eigenvalue weighted by Gasteiger charge is 2.38. The number of nitrogens with one attached hydrogen (secondary N) is 1. The first-order valence-electron chi connectivity index (χ1n) is 7.63. The highest BCUT2D eigenvalue weighted by Crippen LogP contribution is 2.15. The SMILES string of the molecule is COCCc1noc(CN2C(=O)NC(Cc3ccccc3)C2=O)n1. The third kappa shape index (κ3) is 3.60. The van der Waals surface area contributed by atoms with E-state index in [2.05, 4.69) is 15.5 Å². The Bertz CT molecular complexity index is 716. The summed E-state index contributed by atoms with van der Waals surface area (Å²) < 4.78 is 10.0. The van der Waals surface area contributed by atoms with Crippen molar-refractivity contribution in [3.63, 3.8) is 0 Å². The van der Waals surface area contributed by atoms with Crippen molar-refractivity contribution in [2.45, 2.75) is 25.4 Å². The van der Waals surface area contributed by atoms with Gasteiger partial charge in [-0.1, -0.05) is 35.5 Å². The van der Waals surface area contributed by atoms with Gasteiger partial charge in [-0.2, -0.15) is 4.98 Å². The van der Waals surface area contributed by atoms with Crippen LogP contribution in [-0.4, -0.2) is 46.7 Å². The Kier molecular flexibility index (Phi) is 4.85. The van der Waals surface area contributed by atoms with Gasteiger partial charge in [0.1, 0.15) is 12.6 Å². The summed E-state index contributed by atoms with van der Waals surface area (Å²) in [5.74, 6) is 0.421. The highest BCUT2D eigenvalue weighted by atomic mass is 16.5. The van der Waals surface area contributed by atoms with Crippen molar-refractivity contribution in [1.82, 2.24) is 20.4 Å². The van der Waals surface area contributed by atoms with E-state index in [4.69, 9.17) is 9.26 Å². The number of ether oxygens (including phenoxy) is 1. The van der Waals surface area contributed by atoms with Gasteiger partial charge >= 0.3 is 6.03 Å². The molecule has 1 fully saturated rings. The minimum Gasteiger partial charge on any atom is -0.384 e. The molecule has 1 saturated heterocycles. The minimum absolute atomic E-state index is 0.0318. The number of nitrogens with zero attached hydrogens (tertiary/aromatic N) is 3. The molecule has 1 aromatic heterocycles. The summed E-state index contributed by atoms with van der Waals surface area (Å²) in [6.45, 7) is 0.442. The second-order valence-corrected chi connectivity index (χ2v) is 5.46. The Hall–Kier alpha value is -2.74. The quantitative estimate of drug-likeness (QED) is 0.758. The Balaban J connectivity index is 1.63. The Morgan fingerprint density at radius 3 is 2.83 bits per heavy atom. The van der Waals surface area contributed by atoms with Crippen molar-refractivity contribution in [2.24, 2.45) is 0 Å². The molecule has 1 aliphatic heterocycles. The van der Waals surface area contributed by atoms with E-state index in [1.54, 1.807) is 7.11 Å². The topological polar surface area (TPSA) is 97.6 Å². The number of imide groups is 1. The van der Waals surface area contributed by atoms with Crippen LogP contribution >= 0.6 is 0 Å². The molecular weight excluding hydrogens is 312 g/mol. The van der Waals surface area contributed by atoms with Gasteiger partial charge in [-0.05, 0) is 5.56 Å². The lowest BCUT2D eigenvalue weighted by molar-refractivity contribution is -0.128. The van der Waals surface area contributed by atoms with Crippen LogP contribution in [0.3, 0.4) is 0 Å². The average Bonchev–Trinajstić information content (AvgIpc) is 3.14. The first-order valence-corrected chi connectivity index (χ1v) is 7.63. The van der Waals surface area contributed by atoms with Crippen LogP contribution in [0.5, 0.6) is 0 Å². The molecule has 1 atom stereocenters. The van der Waals surface area contributed by atoms with Crippen molar-refractivity contribution in [3.8, 4) is 0 Å². The van der Waals surface area contributed by atoms with Gasteiger partial charge in [0, 0.05) is 20.0 Å². The molecule has 126 valence electrons. The summed E-state index contributed by atoms with van der Waals surface area (Å²) in [5, 5.41) is 6.49. The lowest BCUT2D eigenvalue weighted by Crippen LogP contribution is -2.32. The standard InChI is InChI=1S/C16H18N4O4/c1-23-8-7-13-18-14(24-19-13)10-20-15(21)12(17-16(20)22)9-11-5-3-2-4-6-11/h2-6,12H,7-10H2,1H3,(H,17,22). The summed E-state index contributed by atoms with van der Waals surface area (Å²) >= 11 is 0. The zero-order valence-corrected chi connectivity index (χ0v) is 13.3. The maximum Gasteiger partial charge on any atom is 0.325 e. The lowest BCUT2D eigenvalue weighted by atomic mass is 10.1. The maximum atomic E-state index is 12.4. The van der Waals surface area contributed by atoms with Gasteiger partial charge in [0.15, 0.2) is 5.82 Å². The summed E-state index contributed by atoms with van der Waals surface area (Å²) in [7, 11) is 1.58. The molecule has 24 heavy (non-hydrogen) atoms. The van der Waals surface area contributed by atoms with Gasteiger partial charge in [0.05, 0.1) is 6.61 Å². The second kappa shape index (κ2) is 7.22. The van der Waals surface area contributed by atoms with E-state index < -0.39 is 12.1 Å². The van der Waals surface area contributed by atoms with Gasteiger partial charge in [-0.15, -0.1) is 0 Å². The summed E-state index contributed by atoms with van der Waals surface area (Å²) in [6.07, 6.45) is 0.960. The van der Waals surface area contributed by atoms with E-state index in [-0.39, 0.29) is 18.3 Å². The van der Waals surface area contributed by atoms with Crippen molar-refractivity contribution < 1.29 is 18.8 Å². The van der Waals surface area contributed by atoms with Crippen LogP contribution in [0.2, 0.25) is 0 Å². The number of hydrogen-bond acceptors (Lipinski definition) is 6. The molecule has 8 nitrogen and oxygen atoms in total. The first kappa shape index (κ1) is 16.1. The van der Waals surface area contributed by atoms with Gasteiger partial charge in [0.2, 0.25) is 5.89 Å². The third-order valence-electron chi connectivity index (χ3n) is 3.72. The fourth-order valence-electron chi connectivity index (χ4n) is 2.50. The van der Waals surface area contributed by atoms with E-state index >= 15 is 0 Å². The smallest absolute Gasteiger partial charge is 0.325 e. The maximum absolute atomic E-state index is 12.4. The molecule has 1 unspecified atom stereocenters. The largest absolute Gasteiger partial charge is 0.384 e. The molecule has 3 rings (SSSR count). The van der Waals surface area contributed by atoms with Crippen LogP contribution in [0, 0.1) is 0 Å².